The highest BCUT2D eigenvalue weighted by Crippen LogP contribution is 2.35. The number of aromatic nitrogens is 2. The molecule has 1 heterocycles. The maximum absolute atomic E-state index is 11.6. The van der Waals surface area contributed by atoms with Gasteiger partial charge in [-0.1, -0.05) is 44.0 Å². The van der Waals surface area contributed by atoms with E-state index in [1.54, 1.807) is 28.9 Å². The van der Waals surface area contributed by atoms with Gasteiger partial charge in [-0.25, -0.2) is 9.64 Å². The van der Waals surface area contributed by atoms with Crippen LogP contribution in [-0.4, -0.2) is 22.9 Å². The zero-order valence-electron chi connectivity index (χ0n) is 14.9. The summed E-state index contributed by atoms with van der Waals surface area (Å²) >= 11 is 7.02. The van der Waals surface area contributed by atoms with E-state index in [4.69, 9.17) is 17.0 Å². The van der Waals surface area contributed by atoms with Crippen molar-refractivity contribution in [2.24, 2.45) is 0 Å². The fourth-order valence-corrected chi connectivity index (χ4v) is 3.64. The molecule has 3 rings (SSSR count). The molecule has 0 amide bonds. The van der Waals surface area contributed by atoms with Gasteiger partial charge in [-0.3, -0.25) is 4.68 Å². The number of nitrogens with zero attached hydrogens (tertiary/aromatic N) is 3. The molecule has 6 nitrogen and oxygen atoms in total. The lowest BCUT2D eigenvalue weighted by Crippen LogP contribution is -2.07. The van der Waals surface area contributed by atoms with Gasteiger partial charge in [0.15, 0.2) is 0 Å². The Morgan fingerprint density at radius 2 is 1.96 bits per heavy atom. The number of halogens is 2. The number of rotatable bonds is 5. The molecule has 0 unspecified atom stereocenters. The number of hydrogen-bond acceptors (Lipinski definition) is 4. The quantitative estimate of drug-likeness (QED) is 0.381. The van der Waals surface area contributed by atoms with Crippen LogP contribution in [0.4, 0.5) is 11.5 Å². The highest BCUT2D eigenvalue weighted by atomic mass is 79.9. The van der Waals surface area contributed by atoms with Crippen LogP contribution in [0.15, 0.2) is 51.4 Å². The van der Waals surface area contributed by atoms with Crippen molar-refractivity contribution in [3.63, 3.8) is 0 Å². The largest absolute Gasteiger partial charge is 0.465 e. The molecule has 0 saturated carbocycles. The summed E-state index contributed by atoms with van der Waals surface area (Å²) in [5.74, 6) is -0.0882. The van der Waals surface area contributed by atoms with E-state index in [0.717, 1.165) is 14.5 Å². The Kier molecular flexibility index (Phi) is 6.17. The lowest BCUT2D eigenvalue weighted by Gasteiger charge is -2.07. The van der Waals surface area contributed by atoms with Crippen LogP contribution in [0.3, 0.4) is 0 Å². The van der Waals surface area contributed by atoms with Gasteiger partial charge in [-0.15, -0.1) is 0 Å². The van der Waals surface area contributed by atoms with Crippen molar-refractivity contribution in [3.8, 4) is 11.3 Å². The van der Waals surface area contributed by atoms with Crippen molar-refractivity contribution in [1.29, 1.82) is 0 Å². The molecule has 3 aromatic rings. The Hall–Kier alpha value is -2.63. The first-order chi connectivity index (χ1) is 13.4. The molecule has 0 saturated heterocycles. The first kappa shape index (κ1) is 20.1. The fourth-order valence-electron chi connectivity index (χ4n) is 2.78. The van der Waals surface area contributed by atoms with E-state index in [1.807, 2.05) is 18.2 Å². The third kappa shape index (κ3) is 4.11. The molecule has 8 heteroatoms. The second-order valence-electron chi connectivity index (χ2n) is 5.97. The molecule has 0 fully saturated rings. The Morgan fingerprint density at radius 1 is 1.25 bits per heavy atom. The molecule has 0 radical (unpaired) electrons. The third-order valence-corrected chi connectivity index (χ3v) is 5.52. The Labute approximate surface area is 179 Å². The molecule has 142 valence electrons. The summed E-state index contributed by atoms with van der Waals surface area (Å²) in [5.41, 5.74) is 9.23. The smallest absolute Gasteiger partial charge is 0.337 e. The number of hydrogen-bond donors (Lipinski definition) is 1. The minimum absolute atomic E-state index is 0.305. The Balaban J connectivity index is 1.89. The van der Waals surface area contributed by atoms with Gasteiger partial charge < -0.3 is 10.5 Å². The summed E-state index contributed by atoms with van der Waals surface area (Å²) in [6, 6.07) is 12.7. The molecule has 0 aliphatic rings. The molecule has 2 aromatic carbocycles. The highest BCUT2D eigenvalue weighted by Gasteiger charge is 2.18. The molecule has 28 heavy (non-hydrogen) atoms. The van der Waals surface area contributed by atoms with Crippen LogP contribution in [-0.2, 0) is 17.7 Å². The summed E-state index contributed by atoms with van der Waals surface area (Å²) in [5, 5.41) is 4.55. The molecule has 2 N–H and O–H groups in total. The molecule has 0 aliphatic carbocycles. The number of ether oxygens (including phenoxy) is 1. The summed E-state index contributed by atoms with van der Waals surface area (Å²) in [7, 11) is 1.33. The van der Waals surface area contributed by atoms with E-state index < -0.39 is 5.97 Å². The average molecular weight is 504 g/mol. The predicted molar refractivity (Wildman–Crippen MR) is 115 cm³/mol. The predicted octanol–water partition coefficient (Wildman–Crippen LogP) is 5.24. The molecule has 0 spiro atoms. The zero-order valence-corrected chi connectivity index (χ0v) is 18.1. The van der Waals surface area contributed by atoms with E-state index in [1.165, 1.54) is 7.11 Å². The number of carbonyl (C=O) groups is 1. The van der Waals surface area contributed by atoms with E-state index in [0.29, 0.717) is 41.3 Å². The topological polar surface area (TPSA) is 74.5 Å². The molecular weight excluding hydrogens is 488 g/mol. The minimum Gasteiger partial charge on any atom is -0.465 e. The van der Waals surface area contributed by atoms with E-state index >= 15 is 0 Å². The van der Waals surface area contributed by atoms with Crippen LogP contribution < -0.4 is 5.73 Å². The van der Waals surface area contributed by atoms with E-state index in [-0.39, 0.29) is 0 Å². The Bertz CT molecular complexity index is 1070. The number of methoxy groups -OCH3 is 1. The maximum atomic E-state index is 11.6. The van der Waals surface area contributed by atoms with Crippen LogP contribution in [0.2, 0.25) is 0 Å². The third-order valence-electron chi connectivity index (χ3n) is 4.26. The van der Waals surface area contributed by atoms with Crippen LogP contribution in [0, 0.1) is 6.57 Å². The zero-order chi connectivity index (χ0) is 20.3. The van der Waals surface area contributed by atoms with Gasteiger partial charge in [0.25, 0.3) is 5.69 Å². The lowest BCUT2D eigenvalue weighted by atomic mass is 10.1. The summed E-state index contributed by atoms with van der Waals surface area (Å²) < 4.78 is 8.35. The number of aryl methyl sites for hydroxylation is 2. The SMILES string of the molecule is [C-]#[N+]c1c(-c2ccc(C(=O)OC)cc2)nn(CCc2cc(Br)ccc2Br)c1N. The van der Waals surface area contributed by atoms with Gasteiger partial charge in [-0.05, 0) is 47.9 Å². The molecular formula is C20H16Br2N4O2. The summed E-state index contributed by atoms with van der Waals surface area (Å²) in [6.45, 7) is 8.02. The van der Waals surface area contributed by atoms with Crippen molar-refractivity contribution in [1.82, 2.24) is 9.78 Å². The fraction of sp³-hybridized carbons (Fsp3) is 0.150. The molecule has 0 aliphatic heterocycles. The van der Waals surface area contributed by atoms with Gasteiger partial charge in [0.05, 0.1) is 19.2 Å². The van der Waals surface area contributed by atoms with Gasteiger partial charge in [0.1, 0.15) is 11.5 Å². The van der Waals surface area contributed by atoms with Crippen molar-refractivity contribution in [3.05, 3.63) is 74.0 Å². The van der Waals surface area contributed by atoms with E-state index in [2.05, 4.69) is 41.8 Å². The standard InChI is InChI=1S/C20H16Br2N4O2/c1-24-18-17(12-3-5-13(6-4-12)20(27)28-2)25-26(19(18)23)10-9-14-11-15(21)7-8-16(14)22/h3-8,11H,9-10,23H2,2H3. The first-order valence-electron chi connectivity index (χ1n) is 8.31. The van der Waals surface area contributed by atoms with Crippen LogP contribution >= 0.6 is 31.9 Å². The number of esters is 1. The van der Waals surface area contributed by atoms with Gasteiger partial charge in [0, 0.05) is 15.5 Å². The van der Waals surface area contributed by atoms with Crippen LogP contribution in [0.5, 0.6) is 0 Å². The minimum atomic E-state index is -0.415. The maximum Gasteiger partial charge on any atom is 0.337 e. The van der Waals surface area contributed by atoms with Gasteiger partial charge in [-0.2, -0.15) is 5.10 Å². The normalized spacial score (nSPS) is 10.5. The van der Waals surface area contributed by atoms with Crippen molar-refractivity contribution in [2.75, 3.05) is 12.8 Å². The average Bonchev–Trinajstić information content (AvgIpc) is 3.03. The Morgan fingerprint density at radius 3 is 2.61 bits per heavy atom. The number of nitrogens with two attached hydrogens (primary N) is 1. The summed E-state index contributed by atoms with van der Waals surface area (Å²) in [6.07, 6.45) is 0.698. The van der Waals surface area contributed by atoms with E-state index in [9.17, 15) is 4.79 Å². The second-order valence-corrected chi connectivity index (χ2v) is 7.74. The molecule has 0 atom stereocenters. The number of benzene rings is 2. The molecule has 1 aromatic heterocycles. The van der Waals surface area contributed by atoms with Crippen LogP contribution in [0.25, 0.3) is 16.1 Å². The number of nitrogen functional groups attached to an aromatic ring is 1. The first-order valence-corrected chi connectivity index (χ1v) is 9.89. The highest BCUT2D eigenvalue weighted by molar-refractivity contribution is 9.11. The van der Waals surface area contributed by atoms with Gasteiger partial charge in [0.2, 0.25) is 0 Å². The second kappa shape index (κ2) is 8.59. The number of anilines is 1. The van der Waals surface area contributed by atoms with Crippen LogP contribution in [0.1, 0.15) is 15.9 Å². The van der Waals surface area contributed by atoms with Crippen molar-refractivity contribution < 1.29 is 9.53 Å². The summed E-state index contributed by atoms with van der Waals surface area (Å²) in [4.78, 5) is 15.2. The lowest BCUT2D eigenvalue weighted by molar-refractivity contribution is 0.0601. The number of carbonyl (C=O) groups excluding carboxylic acids is 1. The monoisotopic (exact) mass is 502 g/mol. The van der Waals surface area contributed by atoms with Crippen molar-refractivity contribution >= 4 is 49.3 Å². The molecule has 0 bridgehead atoms. The van der Waals surface area contributed by atoms with Crippen molar-refractivity contribution in [2.45, 2.75) is 13.0 Å². The van der Waals surface area contributed by atoms with Gasteiger partial charge >= 0.3 is 5.97 Å².